The Kier molecular flexibility index (Phi) is 11.6. The van der Waals surface area contributed by atoms with E-state index in [1.165, 1.54) is 30.3 Å². The number of hydrogen-bond acceptors (Lipinski definition) is 10. The molecule has 51 heavy (non-hydrogen) atoms. The van der Waals surface area contributed by atoms with Gasteiger partial charge in [0.05, 0.1) is 17.7 Å². The van der Waals surface area contributed by atoms with Gasteiger partial charge in [-0.3, -0.25) is 10.1 Å². The molecule has 0 aliphatic heterocycles. The highest BCUT2D eigenvalue weighted by atomic mass is 16.6. The van der Waals surface area contributed by atoms with Gasteiger partial charge in [0.25, 0.3) is 5.69 Å². The Balaban J connectivity index is 1.82. The number of para-hydroxylation sites is 1. The van der Waals surface area contributed by atoms with Crippen molar-refractivity contribution in [1.82, 2.24) is 19.4 Å². The van der Waals surface area contributed by atoms with Gasteiger partial charge in [-0.05, 0) is 60.6 Å². The first kappa shape index (κ1) is 38.1. The summed E-state index contributed by atoms with van der Waals surface area (Å²) in [7, 11) is 3.07. The Labute approximate surface area is 298 Å². The molecule has 0 bridgehead atoms. The summed E-state index contributed by atoms with van der Waals surface area (Å²) >= 11 is 0. The maximum Gasteiger partial charge on any atom is 0.422 e. The van der Waals surface area contributed by atoms with Gasteiger partial charge < -0.3 is 28.6 Å². The molecule has 0 saturated heterocycles. The number of amides is 2. The van der Waals surface area contributed by atoms with Gasteiger partial charge in [-0.1, -0.05) is 24.3 Å². The average molecular weight is 702 g/mol. The summed E-state index contributed by atoms with van der Waals surface area (Å²) in [5.74, 6) is 0.0522. The molecule has 14 heteroatoms. The summed E-state index contributed by atoms with van der Waals surface area (Å²) in [5.41, 5.74) is 0.578. The third-order valence-electron chi connectivity index (χ3n) is 7.67. The minimum absolute atomic E-state index is 0.00535. The SMILES string of the molecule is C=CCn1cc(-c2ccnc(N(C(=O)OC(C)(C)C)c3cc([N+](=O)[O-])c(N(C)CCN(CC)C(=O)OC(C)(C)C)cc3OC)n2)c2ccccc21. The van der Waals surface area contributed by atoms with Gasteiger partial charge in [-0.2, -0.15) is 0 Å². The van der Waals surface area contributed by atoms with Crippen molar-refractivity contribution in [3.63, 3.8) is 0 Å². The second-order valence-electron chi connectivity index (χ2n) is 13.8. The number of fused-ring (bicyclic) bond motifs is 1. The molecule has 272 valence electrons. The molecule has 2 amide bonds. The van der Waals surface area contributed by atoms with E-state index in [9.17, 15) is 19.7 Å². The van der Waals surface area contributed by atoms with Crippen LogP contribution < -0.4 is 14.5 Å². The summed E-state index contributed by atoms with van der Waals surface area (Å²) < 4.78 is 19.1. The Hall–Kier alpha value is -5.66. The predicted molar refractivity (Wildman–Crippen MR) is 198 cm³/mol. The maximum absolute atomic E-state index is 14.0. The highest BCUT2D eigenvalue weighted by Gasteiger charge is 2.33. The molecule has 0 radical (unpaired) electrons. The second kappa shape index (κ2) is 15.5. The zero-order chi connectivity index (χ0) is 37.7. The number of methoxy groups -OCH3 is 1. The molecule has 4 rings (SSSR count). The zero-order valence-corrected chi connectivity index (χ0v) is 30.8. The van der Waals surface area contributed by atoms with Crippen molar-refractivity contribution in [2.45, 2.75) is 66.2 Å². The van der Waals surface area contributed by atoms with Gasteiger partial charge in [0.2, 0.25) is 5.95 Å². The number of anilines is 3. The summed E-state index contributed by atoms with van der Waals surface area (Å²) in [6.45, 7) is 17.6. The van der Waals surface area contributed by atoms with E-state index in [2.05, 4.69) is 11.6 Å². The quantitative estimate of drug-likeness (QED) is 0.0810. The molecule has 2 aromatic carbocycles. The Morgan fingerprint density at radius 2 is 1.67 bits per heavy atom. The van der Waals surface area contributed by atoms with E-state index >= 15 is 0 Å². The predicted octanol–water partition coefficient (Wildman–Crippen LogP) is 7.97. The summed E-state index contributed by atoms with van der Waals surface area (Å²) in [5, 5.41) is 13.5. The van der Waals surface area contributed by atoms with E-state index in [0.717, 1.165) is 21.4 Å². The van der Waals surface area contributed by atoms with Crippen molar-refractivity contribution in [2.24, 2.45) is 0 Å². The lowest BCUT2D eigenvalue weighted by molar-refractivity contribution is -0.384. The molecule has 0 fully saturated rings. The number of allylic oxidation sites excluding steroid dienone is 1. The first-order valence-electron chi connectivity index (χ1n) is 16.6. The number of nitro groups is 1. The van der Waals surface area contributed by atoms with Gasteiger partial charge >= 0.3 is 12.2 Å². The monoisotopic (exact) mass is 701 g/mol. The lowest BCUT2D eigenvalue weighted by Gasteiger charge is -2.29. The molecule has 0 atom stereocenters. The van der Waals surface area contributed by atoms with Crippen LogP contribution in [0.1, 0.15) is 48.5 Å². The van der Waals surface area contributed by atoms with Crippen LogP contribution in [0.25, 0.3) is 22.2 Å². The molecule has 0 unspecified atom stereocenters. The van der Waals surface area contributed by atoms with Crippen molar-refractivity contribution in [2.75, 3.05) is 43.6 Å². The number of carbonyl (C=O) groups excluding carboxylic acids is 2. The highest BCUT2D eigenvalue weighted by molar-refractivity contribution is 5.99. The van der Waals surface area contributed by atoms with Crippen LogP contribution in [0.15, 0.2) is 67.5 Å². The fourth-order valence-electron chi connectivity index (χ4n) is 5.38. The average Bonchev–Trinajstić information content (AvgIpc) is 3.41. The number of likely N-dealkylation sites (N-methyl/N-ethyl adjacent to an activating group) is 2. The molecular formula is C37H47N7O7. The Morgan fingerprint density at radius 3 is 2.27 bits per heavy atom. The number of rotatable bonds is 12. The third kappa shape index (κ3) is 9.12. The maximum atomic E-state index is 14.0. The van der Waals surface area contributed by atoms with E-state index in [1.807, 2.05) is 42.0 Å². The van der Waals surface area contributed by atoms with E-state index in [-0.39, 0.29) is 41.8 Å². The smallest absolute Gasteiger partial charge is 0.422 e. The van der Waals surface area contributed by atoms with Gasteiger partial charge in [-0.15, -0.1) is 6.58 Å². The molecule has 0 aliphatic carbocycles. The molecule has 14 nitrogen and oxygen atoms in total. The second-order valence-corrected chi connectivity index (χ2v) is 13.8. The van der Waals surface area contributed by atoms with Gasteiger partial charge in [0.15, 0.2) is 0 Å². The number of aromatic nitrogens is 3. The summed E-state index contributed by atoms with van der Waals surface area (Å²) in [6, 6.07) is 12.3. The summed E-state index contributed by atoms with van der Waals surface area (Å²) in [6.07, 6.45) is 3.92. The molecule has 4 aromatic rings. The third-order valence-corrected chi connectivity index (χ3v) is 7.67. The summed E-state index contributed by atoms with van der Waals surface area (Å²) in [4.78, 5) is 52.2. The van der Waals surface area contributed by atoms with Gasteiger partial charge in [0, 0.05) is 74.2 Å². The fraction of sp³-hybridized carbons (Fsp3) is 0.405. The lowest BCUT2D eigenvalue weighted by atomic mass is 10.1. The van der Waals surface area contributed by atoms with Crippen LogP contribution in [0.5, 0.6) is 5.75 Å². The number of nitro benzene ring substituents is 1. The van der Waals surface area contributed by atoms with Crippen molar-refractivity contribution >= 4 is 46.1 Å². The highest BCUT2D eigenvalue weighted by Crippen LogP contribution is 2.43. The fourth-order valence-corrected chi connectivity index (χ4v) is 5.38. The van der Waals surface area contributed by atoms with E-state index < -0.39 is 28.3 Å². The van der Waals surface area contributed by atoms with Gasteiger partial charge in [-0.25, -0.2) is 24.5 Å². The van der Waals surface area contributed by atoms with E-state index in [1.54, 1.807) is 65.6 Å². The first-order chi connectivity index (χ1) is 24.0. The van der Waals surface area contributed by atoms with Crippen LogP contribution in [0.3, 0.4) is 0 Å². The molecule has 0 N–H and O–H groups in total. The van der Waals surface area contributed by atoms with Gasteiger partial charge in [0.1, 0.15) is 28.3 Å². The van der Waals surface area contributed by atoms with Crippen molar-refractivity contribution < 1.29 is 28.7 Å². The minimum Gasteiger partial charge on any atom is -0.494 e. The molecule has 0 saturated carbocycles. The largest absolute Gasteiger partial charge is 0.494 e. The van der Waals surface area contributed by atoms with E-state index in [0.29, 0.717) is 18.8 Å². The number of nitrogens with zero attached hydrogens (tertiary/aromatic N) is 7. The molecule has 2 heterocycles. The van der Waals surface area contributed by atoms with Crippen LogP contribution in [0.2, 0.25) is 0 Å². The van der Waals surface area contributed by atoms with E-state index in [4.69, 9.17) is 19.2 Å². The first-order valence-corrected chi connectivity index (χ1v) is 16.6. The molecule has 0 spiro atoms. The lowest BCUT2D eigenvalue weighted by Crippen LogP contribution is -2.40. The number of hydrogen-bond donors (Lipinski definition) is 0. The molecule has 2 aromatic heterocycles. The zero-order valence-electron chi connectivity index (χ0n) is 30.8. The number of ether oxygens (including phenoxy) is 3. The van der Waals surface area contributed by atoms with Crippen molar-refractivity contribution in [1.29, 1.82) is 0 Å². The molecule has 0 aliphatic rings. The van der Waals surface area contributed by atoms with Crippen LogP contribution in [-0.2, 0) is 16.0 Å². The van der Waals surface area contributed by atoms with Crippen LogP contribution in [-0.4, -0.2) is 81.5 Å². The topological polar surface area (TPSA) is 145 Å². The minimum atomic E-state index is -0.927. The molecular weight excluding hydrogens is 654 g/mol. The van der Waals surface area contributed by atoms with Crippen molar-refractivity contribution in [3.05, 3.63) is 77.6 Å². The van der Waals surface area contributed by atoms with Crippen LogP contribution >= 0.6 is 0 Å². The van der Waals surface area contributed by atoms with Crippen LogP contribution in [0, 0.1) is 10.1 Å². The Morgan fingerprint density at radius 1 is 1.00 bits per heavy atom. The Bertz CT molecular complexity index is 1910. The normalized spacial score (nSPS) is 11.5. The van der Waals surface area contributed by atoms with Crippen LogP contribution in [0.4, 0.5) is 32.6 Å². The standard InChI is InChI=1S/C37H47N7O7/c1-11-19-42-24-26(25-15-13-14-16-28(25)42)27-17-18-38-33(39-27)43(35(46)51-37(6,7)8)31-22-30(44(47)48)29(23-32(31)49-10)40(9)20-21-41(12-2)34(45)50-36(3,4)5/h11,13-18,22-24H,1,12,19-21H2,2-10H3. The number of benzene rings is 2. The van der Waals surface area contributed by atoms with Crippen molar-refractivity contribution in [3.8, 4) is 17.0 Å². The number of carbonyl (C=O) groups is 2.